The Morgan fingerprint density at radius 3 is 2.50 bits per heavy atom. The van der Waals surface area contributed by atoms with E-state index < -0.39 is 0 Å². The summed E-state index contributed by atoms with van der Waals surface area (Å²) < 4.78 is 7.32. The van der Waals surface area contributed by atoms with E-state index in [4.69, 9.17) is 16.0 Å². The topological polar surface area (TPSA) is 50.4 Å². The van der Waals surface area contributed by atoms with Gasteiger partial charge in [0.05, 0.1) is 15.6 Å². The second-order valence-corrected chi connectivity index (χ2v) is 10.1. The van der Waals surface area contributed by atoms with Crippen molar-refractivity contribution in [3.8, 4) is 11.3 Å². The summed E-state index contributed by atoms with van der Waals surface area (Å²) in [5.41, 5.74) is 7.15. The van der Waals surface area contributed by atoms with Crippen molar-refractivity contribution in [2.75, 3.05) is 5.43 Å². The number of benzene rings is 3. The lowest BCUT2D eigenvalue weighted by Crippen LogP contribution is -2.10. The fourth-order valence-corrected chi connectivity index (χ4v) is 4.52. The molecule has 3 aromatic carbocycles. The van der Waals surface area contributed by atoms with Gasteiger partial charge in [-0.05, 0) is 41.3 Å². The third-order valence-corrected chi connectivity index (χ3v) is 6.48. The standard InChI is InChI=1S/C26H22ClN3OS/c1-26(2,3)17-10-8-16(9-11-17)23-15-21(19-14-18(27)12-13-22(19)31-23)29-30-25-28-20-6-4-5-7-24(20)32-25/h4-15H,1-3H3,(H,28,30)/b29-21+. The van der Waals surface area contributed by atoms with Crippen molar-refractivity contribution in [2.24, 2.45) is 5.10 Å². The van der Waals surface area contributed by atoms with E-state index in [0.717, 1.165) is 43.0 Å². The maximum atomic E-state index is 6.26. The number of fused-ring (bicyclic) bond motifs is 2. The van der Waals surface area contributed by atoms with Crippen molar-refractivity contribution in [2.45, 2.75) is 26.2 Å². The Hall–Kier alpha value is -3.15. The molecular weight excluding hydrogens is 438 g/mol. The first kappa shape index (κ1) is 20.7. The van der Waals surface area contributed by atoms with Gasteiger partial charge in [-0.2, -0.15) is 5.10 Å². The number of anilines is 1. The molecule has 4 nitrogen and oxygen atoms in total. The predicted molar refractivity (Wildman–Crippen MR) is 134 cm³/mol. The molecule has 0 saturated heterocycles. The monoisotopic (exact) mass is 459 g/mol. The molecule has 0 saturated carbocycles. The zero-order chi connectivity index (χ0) is 22.3. The summed E-state index contributed by atoms with van der Waals surface area (Å²) in [6.07, 6.45) is 0. The second-order valence-electron chi connectivity index (χ2n) is 8.67. The largest absolute Gasteiger partial charge is 0.456 e. The van der Waals surface area contributed by atoms with Crippen molar-refractivity contribution in [3.63, 3.8) is 0 Å². The quantitative estimate of drug-likeness (QED) is 0.283. The van der Waals surface area contributed by atoms with E-state index in [1.54, 1.807) is 11.3 Å². The Balaban J connectivity index is 1.60. The summed E-state index contributed by atoms with van der Waals surface area (Å²) in [7, 11) is 0. The van der Waals surface area contributed by atoms with Gasteiger partial charge in [-0.1, -0.05) is 80.1 Å². The SMILES string of the molecule is CC(C)(C)c1ccc(-c2c/c(=N\Nc3nc4ccccc4s3)c3cc(Cl)ccc3o2)cc1. The fraction of sp³-hybridized carbons (Fsp3) is 0.154. The lowest BCUT2D eigenvalue weighted by atomic mass is 9.86. The number of hydrogen-bond donors (Lipinski definition) is 1. The van der Waals surface area contributed by atoms with Crippen LogP contribution in [0.3, 0.4) is 0 Å². The maximum absolute atomic E-state index is 6.26. The number of nitrogens with one attached hydrogen (secondary N) is 1. The van der Waals surface area contributed by atoms with E-state index in [9.17, 15) is 0 Å². The highest BCUT2D eigenvalue weighted by atomic mass is 35.5. The van der Waals surface area contributed by atoms with Crippen LogP contribution in [0.4, 0.5) is 5.13 Å². The minimum absolute atomic E-state index is 0.0947. The summed E-state index contributed by atoms with van der Waals surface area (Å²) in [6, 6.07) is 24.0. The lowest BCUT2D eigenvalue weighted by molar-refractivity contribution is 0.589. The average molecular weight is 460 g/mol. The number of hydrogen-bond acceptors (Lipinski definition) is 5. The molecular formula is C26H22ClN3OS. The van der Waals surface area contributed by atoms with Gasteiger partial charge in [-0.15, -0.1) is 0 Å². The molecule has 0 atom stereocenters. The third kappa shape index (κ3) is 4.14. The van der Waals surface area contributed by atoms with Crippen LogP contribution in [-0.4, -0.2) is 4.98 Å². The fourth-order valence-electron chi connectivity index (χ4n) is 3.54. The highest BCUT2D eigenvalue weighted by Gasteiger charge is 2.14. The molecule has 0 aliphatic heterocycles. The molecule has 2 aromatic heterocycles. The van der Waals surface area contributed by atoms with Gasteiger partial charge in [-0.3, -0.25) is 5.43 Å². The molecule has 0 aliphatic rings. The van der Waals surface area contributed by atoms with Gasteiger partial charge in [-0.25, -0.2) is 4.98 Å². The van der Waals surface area contributed by atoms with Crippen molar-refractivity contribution < 1.29 is 4.42 Å². The third-order valence-electron chi connectivity index (χ3n) is 5.31. The molecule has 0 radical (unpaired) electrons. The molecule has 5 aromatic rings. The highest BCUT2D eigenvalue weighted by molar-refractivity contribution is 7.22. The number of para-hydroxylation sites is 1. The summed E-state index contributed by atoms with van der Waals surface area (Å²) in [4.78, 5) is 4.60. The summed E-state index contributed by atoms with van der Waals surface area (Å²) in [5.74, 6) is 0.741. The van der Waals surface area contributed by atoms with Crippen LogP contribution in [0.5, 0.6) is 0 Å². The molecule has 1 N–H and O–H groups in total. The molecule has 0 aliphatic carbocycles. The summed E-state index contributed by atoms with van der Waals surface area (Å²) >= 11 is 7.83. The Labute approximate surface area is 195 Å². The summed E-state index contributed by atoms with van der Waals surface area (Å²) in [5, 5.41) is 7.60. The highest BCUT2D eigenvalue weighted by Crippen LogP contribution is 2.28. The Morgan fingerprint density at radius 1 is 0.969 bits per heavy atom. The Kier molecular flexibility index (Phi) is 5.24. The first-order chi connectivity index (χ1) is 15.4. The van der Waals surface area contributed by atoms with Gasteiger partial charge in [0, 0.05) is 22.0 Å². The molecule has 0 spiro atoms. The Bertz CT molecular complexity index is 1460. The first-order valence-corrected chi connectivity index (χ1v) is 11.6. The van der Waals surface area contributed by atoms with Crippen LogP contribution in [0.25, 0.3) is 32.5 Å². The molecule has 0 unspecified atom stereocenters. The van der Waals surface area contributed by atoms with Gasteiger partial charge in [0.15, 0.2) is 0 Å². The summed E-state index contributed by atoms with van der Waals surface area (Å²) in [6.45, 7) is 6.62. The zero-order valence-corrected chi connectivity index (χ0v) is 19.6. The number of aromatic nitrogens is 1. The molecule has 5 rings (SSSR count). The van der Waals surface area contributed by atoms with Crippen LogP contribution in [0.15, 0.2) is 82.3 Å². The molecule has 160 valence electrons. The van der Waals surface area contributed by atoms with E-state index in [2.05, 4.69) is 60.5 Å². The second kappa shape index (κ2) is 8.08. The molecule has 2 heterocycles. The first-order valence-electron chi connectivity index (χ1n) is 10.4. The smallest absolute Gasteiger partial charge is 0.204 e. The van der Waals surface area contributed by atoms with E-state index in [-0.39, 0.29) is 5.41 Å². The molecule has 6 heteroatoms. The van der Waals surface area contributed by atoms with Crippen molar-refractivity contribution in [1.82, 2.24) is 4.98 Å². The van der Waals surface area contributed by atoms with Gasteiger partial charge in [0.25, 0.3) is 0 Å². The number of rotatable bonds is 3. The zero-order valence-electron chi connectivity index (χ0n) is 18.0. The van der Waals surface area contributed by atoms with Crippen molar-refractivity contribution in [1.29, 1.82) is 0 Å². The van der Waals surface area contributed by atoms with E-state index in [1.807, 2.05) is 48.5 Å². The van der Waals surface area contributed by atoms with Crippen LogP contribution < -0.4 is 10.8 Å². The van der Waals surface area contributed by atoms with Crippen molar-refractivity contribution >= 4 is 49.3 Å². The van der Waals surface area contributed by atoms with Gasteiger partial charge in [0.2, 0.25) is 5.13 Å². The van der Waals surface area contributed by atoms with Gasteiger partial charge >= 0.3 is 0 Å². The minimum atomic E-state index is 0.0947. The lowest BCUT2D eigenvalue weighted by Gasteiger charge is -2.19. The van der Waals surface area contributed by atoms with Crippen molar-refractivity contribution in [3.05, 3.63) is 88.7 Å². The molecule has 0 fully saturated rings. The van der Waals surface area contributed by atoms with Crippen LogP contribution in [0.2, 0.25) is 5.02 Å². The van der Waals surface area contributed by atoms with Crippen LogP contribution >= 0.6 is 22.9 Å². The van der Waals surface area contributed by atoms with E-state index >= 15 is 0 Å². The van der Waals surface area contributed by atoms with E-state index in [1.165, 1.54) is 5.56 Å². The number of nitrogens with zero attached hydrogens (tertiary/aromatic N) is 2. The van der Waals surface area contributed by atoms with Crippen LogP contribution in [-0.2, 0) is 5.41 Å². The number of halogens is 1. The molecule has 32 heavy (non-hydrogen) atoms. The molecule has 0 bridgehead atoms. The van der Waals surface area contributed by atoms with E-state index in [0.29, 0.717) is 5.02 Å². The predicted octanol–water partition coefficient (Wildman–Crippen LogP) is 7.59. The van der Waals surface area contributed by atoms with Crippen LogP contribution in [0, 0.1) is 0 Å². The average Bonchev–Trinajstić information content (AvgIpc) is 3.20. The van der Waals surface area contributed by atoms with Crippen LogP contribution in [0.1, 0.15) is 26.3 Å². The van der Waals surface area contributed by atoms with Gasteiger partial charge < -0.3 is 4.42 Å². The normalized spacial score (nSPS) is 12.6. The molecule has 0 amide bonds. The maximum Gasteiger partial charge on any atom is 0.204 e. The van der Waals surface area contributed by atoms with Gasteiger partial charge in [0.1, 0.15) is 11.3 Å². The number of thiazole rings is 1. The Morgan fingerprint density at radius 2 is 1.75 bits per heavy atom. The minimum Gasteiger partial charge on any atom is -0.456 e.